The van der Waals surface area contributed by atoms with Gasteiger partial charge in [-0.3, -0.25) is 14.9 Å². The Hall–Kier alpha value is -3.13. The number of nitro groups is 1. The molecule has 29 heavy (non-hydrogen) atoms. The molecule has 0 aliphatic heterocycles. The smallest absolute Gasteiger partial charge is 0.282 e. The Kier molecular flexibility index (Phi) is 6.33. The molecule has 2 aromatic carbocycles. The number of rotatable bonds is 9. The van der Waals surface area contributed by atoms with Gasteiger partial charge in [0.25, 0.3) is 11.6 Å². The van der Waals surface area contributed by atoms with Crippen LogP contribution in [0.3, 0.4) is 0 Å². The van der Waals surface area contributed by atoms with Crippen LogP contribution in [0, 0.1) is 10.1 Å². The number of carbonyl (C=O) groups is 1. The molecule has 154 valence electrons. The predicted octanol–water partition coefficient (Wildman–Crippen LogP) is 2.19. The first-order chi connectivity index (χ1) is 13.9. The van der Waals surface area contributed by atoms with Gasteiger partial charge in [0, 0.05) is 30.5 Å². The van der Waals surface area contributed by atoms with Crippen molar-refractivity contribution in [2.75, 3.05) is 19.5 Å². The van der Waals surface area contributed by atoms with Crippen molar-refractivity contribution in [3.63, 3.8) is 0 Å². The van der Waals surface area contributed by atoms with Gasteiger partial charge in [-0.15, -0.1) is 0 Å². The molecule has 8 heteroatoms. The number of anilines is 1. The van der Waals surface area contributed by atoms with E-state index in [0.717, 1.165) is 30.7 Å². The van der Waals surface area contributed by atoms with E-state index in [1.165, 1.54) is 30.2 Å². The molecule has 1 fully saturated rings. The van der Waals surface area contributed by atoms with Crippen molar-refractivity contribution < 1.29 is 24.1 Å². The highest BCUT2D eigenvalue weighted by molar-refractivity contribution is 5.95. The number of methoxy groups -OCH3 is 2. The summed E-state index contributed by atoms with van der Waals surface area (Å²) >= 11 is 0. The minimum atomic E-state index is -0.496. The lowest BCUT2D eigenvalue weighted by Gasteiger charge is -2.25. The summed E-state index contributed by atoms with van der Waals surface area (Å²) in [5.41, 5.74) is 1.33. The number of non-ortho nitro benzene ring substituents is 1. The summed E-state index contributed by atoms with van der Waals surface area (Å²) in [6.45, 7) is 2.60. The third-order valence-corrected chi connectivity index (χ3v) is 5.27. The van der Waals surface area contributed by atoms with Crippen LogP contribution in [-0.4, -0.2) is 37.1 Å². The van der Waals surface area contributed by atoms with Crippen LogP contribution in [0.2, 0.25) is 0 Å². The third kappa shape index (κ3) is 5.03. The van der Waals surface area contributed by atoms with Gasteiger partial charge in [0.1, 0.15) is 18.0 Å². The predicted molar refractivity (Wildman–Crippen MR) is 108 cm³/mol. The van der Waals surface area contributed by atoms with Crippen LogP contribution in [-0.2, 0) is 11.3 Å². The highest BCUT2D eigenvalue weighted by Gasteiger charge is 2.39. The molecule has 0 spiro atoms. The fourth-order valence-corrected chi connectivity index (χ4v) is 3.40. The monoisotopic (exact) mass is 400 g/mol. The van der Waals surface area contributed by atoms with Gasteiger partial charge in [-0.2, -0.15) is 0 Å². The lowest BCUT2D eigenvalue weighted by Crippen LogP contribution is -3.16. The molecule has 2 aromatic rings. The summed E-state index contributed by atoms with van der Waals surface area (Å²) in [5.74, 6) is 0.990. The fourth-order valence-electron chi connectivity index (χ4n) is 3.40. The molecule has 0 saturated heterocycles. The van der Waals surface area contributed by atoms with Gasteiger partial charge in [0.2, 0.25) is 0 Å². The summed E-state index contributed by atoms with van der Waals surface area (Å²) < 4.78 is 10.4. The van der Waals surface area contributed by atoms with E-state index in [2.05, 4.69) is 5.32 Å². The molecule has 8 nitrogen and oxygen atoms in total. The first-order valence-electron chi connectivity index (χ1n) is 9.54. The molecule has 0 bridgehead atoms. The van der Waals surface area contributed by atoms with Crippen LogP contribution in [0.5, 0.6) is 11.5 Å². The topological polar surface area (TPSA) is 95.1 Å². The van der Waals surface area contributed by atoms with Crippen LogP contribution in [0.25, 0.3) is 0 Å². The number of nitrogens with one attached hydrogen (secondary N) is 2. The number of nitrogens with zero attached hydrogens (tertiary/aromatic N) is 1. The van der Waals surface area contributed by atoms with Crippen LogP contribution < -0.4 is 19.7 Å². The number of hydrogen-bond donors (Lipinski definition) is 2. The highest BCUT2D eigenvalue weighted by atomic mass is 16.6. The van der Waals surface area contributed by atoms with E-state index in [4.69, 9.17) is 9.47 Å². The second kappa shape index (κ2) is 8.91. The molecule has 0 radical (unpaired) electrons. The minimum Gasteiger partial charge on any atom is -0.497 e. The maximum absolute atomic E-state index is 12.9. The van der Waals surface area contributed by atoms with Gasteiger partial charge >= 0.3 is 0 Å². The minimum absolute atomic E-state index is 0.0987. The number of nitro benzene ring substituents is 1. The molecule has 1 aliphatic rings. The van der Waals surface area contributed by atoms with Gasteiger partial charge in [-0.05, 0) is 37.3 Å². The number of amides is 1. The summed E-state index contributed by atoms with van der Waals surface area (Å²) in [6, 6.07) is 12.1. The van der Waals surface area contributed by atoms with Gasteiger partial charge in [0.05, 0.1) is 30.9 Å². The van der Waals surface area contributed by atoms with E-state index in [9.17, 15) is 14.9 Å². The SMILES string of the molecule is COc1ccc(C[NH+](C2CC2)[C@@H](C)C(=O)Nc2cc([N+](=O)[O-])ccc2OC)cc1. The zero-order chi connectivity index (χ0) is 21.0. The number of quaternary nitrogens is 1. The Balaban J connectivity index is 1.74. The third-order valence-electron chi connectivity index (χ3n) is 5.27. The number of benzene rings is 2. The Morgan fingerprint density at radius 3 is 2.45 bits per heavy atom. The van der Waals surface area contributed by atoms with Crippen molar-refractivity contribution >= 4 is 17.3 Å². The average molecular weight is 400 g/mol. The Bertz CT molecular complexity index is 880. The number of hydrogen-bond acceptors (Lipinski definition) is 5. The van der Waals surface area contributed by atoms with Gasteiger partial charge < -0.3 is 19.7 Å². The number of ether oxygens (including phenoxy) is 2. The van der Waals surface area contributed by atoms with Crippen LogP contribution in [0.4, 0.5) is 11.4 Å². The normalized spacial score (nSPS) is 15.3. The van der Waals surface area contributed by atoms with Crippen LogP contribution in [0.15, 0.2) is 42.5 Å². The van der Waals surface area contributed by atoms with Gasteiger partial charge in [-0.25, -0.2) is 0 Å². The van der Waals surface area contributed by atoms with Gasteiger partial charge in [-0.1, -0.05) is 0 Å². The zero-order valence-corrected chi connectivity index (χ0v) is 16.8. The van der Waals surface area contributed by atoms with Crippen molar-refractivity contribution in [1.29, 1.82) is 0 Å². The molecule has 1 saturated carbocycles. The summed E-state index contributed by atoms with van der Waals surface area (Å²) in [7, 11) is 3.09. The maximum atomic E-state index is 12.9. The fraction of sp³-hybridized carbons (Fsp3) is 0.381. The molecule has 0 heterocycles. The first kappa shape index (κ1) is 20.6. The molecule has 0 aromatic heterocycles. The summed E-state index contributed by atoms with van der Waals surface area (Å²) in [5, 5.41) is 13.9. The quantitative estimate of drug-likeness (QED) is 0.497. The molecular weight excluding hydrogens is 374 g/mol. The molecule has 2 atom stereocenters. The molecule has 1 unspecified atom stereocenters. The van der Waals surface area contributed by atoms with E-state index >= 15 is 0 Å². The Morgan fingerprint density at radius 2 is 1.90 bits per heavy atom. The largest absolute Gasteiger partial charge is 0.497 e. The van der Waals surface area contributed by atoms with Gasteiger partial charge in [0.15, 0.2) is 6.04 Å². The zero-order valence-electron chi connectivity index (χ0n) is 16.8. The lowest BCUT2D eigenvalue weighted by molar-refractivity contribution is -0.938. The average Bonchev–Trinajstić information content (AvgIpc) is 3.57. The molecule has 1 amide bonds. The van der Waals surface area contributed by atoms with E-state index in [-0.39, 0.29) is 17.6 Å². The lowest BCUT2D eigenvalue weighted by atomic mass is 10.1. The molecule has 1 aliphatic carbocycles. The van der Waals surface area contributed by atoms with E-state index in [1.54, 1.807) is 7.11 Å². The molecule has 2 N–H and O–H groups in total. The Labute approximate surface area is 169 Å². The molecular formula is C21H26N3O5+. The van der Waals surface area contributed by atoms with E-state index in [1.807, 2.05) is 31.2 Å². The van der Waals surface area contributed by atoms with Crippen LogP contribution in [0.1, 0.15) is 25.3 Å². The van der Waals surface area contributed by atoms with E-state index in [0.29, 0.717) is 17.5 Å². The number of carbonyl (C=O) groups excluding carboxylic acids is 1. The van der Waals surface area contributed by atoms with Crippen molar-refractivity contribution in [3.05, 3.63) is 58.1 Å². The van der Waals surface area contributed by atoms with Crippen molar-refractivity contribution in [1.82, 2.24) is 0 Å². The maximum Gasteiger partial charge on any atom is 0.282 e. The molecule has 3 rings (SSSR count). The summed E-state index contributed by atoms with van der Waals surface area (Å²) in [4.78, 5) is 24.7. The summed E-state index contributed by atoms with van der Waals surface area (Å²) in [6.07, 6.45) is 2.17. The second-order valence-electron chi connectivity index (χ2n) is 7.23. The second-order valence-corrected chi connectivity index (χ2v) is 7.23. The van der Waals surface area contributed by atoms with Crippen LogP contribution >= 0.6 is 0 Å². The Morgan fingerprint density at radius 1 is 1.21 bits per heavy atom. The highest BCUT2D eigenvalue weighted by Crippen LogP contribution is 2.29. The van der Waals surface area contributed by atoms with E-state index < -0.39 is 4.92 Å². The van der Waals surface area contributed by atoms with Crippen molar-refractivity contribution in [2.45, 2.75) is 38.4 Å². The van der Waals surface area contributed by atoms with Crippen molar-refractivity contribution in [2.24, 2.45) is 0 Å². The first-order valence-corrected chi connectivity index (χ1v) is 9.54. The standard InChI is InChI=1S/C21H25N3O5/c1-14(21(25)22-19-12-17(24(26)27)8-11-20(19)29-3)23(16-6-7-16)13-15-4-9-18(28-2)10-5-15/h4-5,8-12,14,16H,6-7,13H2,1-3H3,(H,22,25)/p+1/t14-/m0/s1. The van der Waals surface area contributed by atoms with Crippen molar-refractivity contribution in [3.8, 4) is 11.5 Å².